The molecule has 0 radical (unpaired) electrons. The molecule has 17 heavy (non-hydrogen) atoms. The number of nitrogens with zero attached hydrogens (tertiary/aromatic N) is 1. The van der Waals surface area contributed by atoms with Crippen molar-refractivity contribution in [3.8, 4) is 0 Å². The van der Waals surface area contributed by atoms with Gasteiger partial charge < -0.3 is 10.6 Å². The molecule has 3 heteroatoms. The Labute approximate surface area is 104 Å². The van der Waals surface area contributed by atoms with Crippen molar-refractivity contribution in [1.29, 1.82) is 0 Å². The average Bonchev–Trinajstić information content (AvgIpc) is 2.93. The first-order chi connectivity index (χ1) is 8.15. The molecule has 2 saturated carbocycles. The minimum atomic E-state index is 0.109. The highest BCUT2D eigenvalue weighted by Gasteiger charge is 2.43. The number of hydrogen-bond acceptors (Lipinski definition) is 2. The van der Waals surface area contributed by atoms with Gasteiger partial charge in [-0.3, -0.25) is 4.79 Å². The van der Waals surface area contributed by atoms with Crippen LogP contribution in [-0.4, -0.2) is 29.4 Å². The molecule has 0 aromatic heterocycles. The van der Waals surface area contributed by atoms with E-state index in [1.165, 1.54) is 25.7 Å². The highest BCUT2D eigenvalue weighted by atomic mass is 16.2. The average molecular weight is 236 g/mol. The van der Waals surface area contributed by atoms with Gasteiger partial charge in [0, 0.05) is 18.6 Å². The van der Waals surface area contributed by atoms with Gasteiger partial charge in [-0.25, -0.2) is 0 Å². The van der Waals surface area contributed by atoms with Crippen LogP contribution >= 0.6 is 0 Å². The van der Waals surface area contributed by atoms with E-state index < -0.39 is 0 Å². The fourth-order valence-corrected chi connectivity index (χ4v) is 4.10. The summed E-state index contributed by atoms with van der Waals surface area (Å²) >= 11 is 0. The first-order valence-corrected chi connectivity index (χ1v) is 7.21. The van der Waals surface area contributed by atoms with Gasteiger partial charge >= 0.3 is 0 Å². The molecular weight excluding hydrogens is 212 g/mol. The van der Waals surface area contributed by atoms with Crippen molar-refractivity contribution >= 4 is 5.91 Å². The number of amides is 1. The summed E-state index contributed by atoms with van der Waals surface area (Å²) in [7, 11) is 0. The standard InChI is InChI=1S/C14H24N2O/c1-9-2-5-13(15)12(6-9)14(17)16-8-10-3-4-11(16)7-10/h9-13H,2-8,15H2,1H3. The number of carbonyl (C=O) groups is 1. The molecule has 0 aromatic carbocycles. The summed E-state index contributed by atoms with van der Waals surface area (Å²) in [4.78, 5) is 14.8. The normalized spacial score (nSPS) is 45.3. The highest BCUT2D eigenvalue weighted by molar-refractivity contribution is 5.80. The fraction of sp³-hybridized carbons (Fsp3) is 0.929. The summed E-state index contributed by atoms with van der Waals surface area (Å²) in [6.45, 7) is 3.27. The van der Waals surface area contributed by atoms with Gasteiger partial charge in [0.1, 0.15) is 0 Å². The Morgan fingerprint density at radius 2 is 2.00 bits per heavy atom. The van der Waals surface area contributed by atoms with E-state index in [-0.39, 0.29) is 12.0 Å². The molecule has 0 spiro atoms. The van der Waals surface area contributed by atoms with E-state index in [0.717, 1.165) is 25.3 Å². The van der Waals surface area contributed by atoms with Gasteiger partial charge in [-0.2, -0.15) is 0 Å². The lowest BCUT2D eigenvalue weighted by molar-refractivity contribution is -0.139. The number of fused-ring (bicyclic) bond motifs is 2. The molecule has 0 aromatic rings. The molecule has 2 aliphatic carbocycles. The third kappa shape index (κ3) is 1.99. The zero-order chi connectivity index (χ0) is 12.0. The van der Waals surface area contributed by atoms with E-state index in [9.17, 15) is 4.79 Å². The van der Waals surface area contributed by atoms with Crippen LogP contribution in [0, 0.1) is 17.8 Å². The third-order valence-corrected chi connectivity index (χ3v) is 5.18. The molecule has 5 atom stereocenters. The Bertz CT molecular complexity index is 317. The van der Waals surface area contributed by atoms with E-state index >= 15 is 0 Å². The number of carbonyl (C=O) groups excluding carboxylic acids is 1. The van der Waals surface area contributed by atoms with Crippen molar-refractivity contribution in [3.05, 3.63) is 0 Å². The SMILES string of the molecule is CC1CCC(N)C(C(=O)N2CC3CCC2C3)C1. The number of likely N-dealkylation sites (tertiary alicyclic amines) is 1. The van der Waals surface area contributed by atoms with Gasteiger partial charge in [0.25, 0.3) is 0 Å². The molecule has 3 nitrogen and oxygen atoms in total. The Hall–Kier alpha value is -0.570. The monoisotopic (exact) mass is 236 g/mol. The second-order valence-electron chi connectivity index (χ2n) is 6.51. The molecule has 1 saturated heterocycles. The smallest absolute Gasteiger partial charge is 0.227 e. The van der Waals surface area contributed by atoms with Gasteiger partial charge in [-0.05, 0) is 50.4 Å². The molecule has 1 heterocycles. The van der Waals surface area contributed by atoms with Gasteiger partial charge in [0.15, 0.2) is 0 Å². The van der Waals surface area contributed by atoms with Crippen LogP contribution in [0.25, 0.3) is 0 Å². The lowest BCUT2D eigenvalue weighted by Crippen LogP contribution is -2.49. The minimum Gasteiger partial charge on any atom is -0.339 e. The summed E-state index contributed by atoms with van der Waals surface area (Å²) in [5.41, 5.74) is 6.16. The molecule has 2 N–H and O–H groups in total. The Morgan fingerprint density at radius 1 is 1.18 bits per heavy atom. The molecule has 96 valence electrons. The summed E-state index contributed by atoms with van der Waals surface area (Å²) in [6, 6.07) is 0.662. The lowest BCUT2D eigenvalue weighted by Gasteiger charge is -2.37. The number of hydrogen-bond donors (Lipinski definition) is 1. The van der Waals surface area contributed by atoms with E-state index in [1.54, 1.807) is 0 Å². The maximum Gasteiger partial charge on any atom is 0.227 e. The molecule has 5 unspecified atom stereocenters. The fourth-order valence-electron chi connectivity index (χ4n) is 4.10. The molecule has 3 rings (SSSR count). The minimum absolute atomic E-state index is 0.109. The molecule has 3 aliphatic rings. The van der Waals surface area contributed by atoms with Crippen LogP contribution in [-0.2, 0) is 4.79 Å². The number of rotatable bonds is 1. The topological polar surface area (TPSA) is 46.3 Å². The molecule has 3 fully saturated rings. The van der Waals surface area contributed by atoms with Crippen LogP contribution in [0.2, 0.25) is 0 Å². The van der Waals surface area contributed by atoms with Crippen LogP contribution in [0.4, 0.5) is 0 Å². The van der Waals surface area contributed by atoms with Crippen molar-refractivity contribution in [1.82, 2.24) is 4.90 Å². The summed E-state index contributed by atoms with van der Waals surface area (Å²) in [6.07, 6.45) is 7.04. The maximum atomic E-state index is 12.6. The lowest BCUT2D eigenvalue weighted by atomic mass is 9.78. The summed E-state index contributed by atoms with van der Waals surface area (Å²) < 4.78 is 0. The van der Waals surface area contributed by atoms with Crippen LogP contribution < -0.4 is 5.73 Å². The van der Waals surface area contributed by atoms with Crippen molar-refractivity contribution in [2.45, 2.75) is 57.5 Å². The van der Waals surface area contributed by atoms with Crippen LogP contribution in [0.5, 0.6) is 0 Å². The van der Waals surface area contributed by atoms with Crippen molar-refractivity contribution in [2.75, 3.05) is 6.54 Å². The Kier molecular flexibility index (Phi) is 2.89. The highest BCUT2D eigenvalue weighted by Crippen LogP contribution is 2.39. The zero-order valence-electron chi connectivity index (χ0n) is 10.8. The van der Waals surface area contributed by atoms with E-state index in [2.05, 4.69) is 11.8 Å². The molecule has 2 bridgehead atoms. The van der Waals surface area contributed by atoms with E-state index in [4.69, 9.17) is 5.73 Å². The van der Waals surface area contributed by atoms with Crippen molar-refractivity contribution < 1.29 is 4.79 Å². The number of piperidine rings is 1. The third-order valence-electron chi connectivity index (χ3n) is 5.18. The van der Waals surface area contributed by atoms with E-state index in [0.29, 0.717) is 17.9 Å². The molecule has 1 aliphatic heterocycles. The van der Waals surface area contributed by atoms with E-state index in [1.807, 2.05) is 0 Å². The predicted octanol–water partition coefficient (Wildman–Crippen LogP) is 1.76. The first-order valence-electron chi connectivity index (χ1n) is 7.21. The van der Waals surface area contributed by atoms with Crippen molar-refractivity contribution in [3.63, 3.8) is 0 Å². The number of nitrogens with two attached hydrogens (primary N) is 1. The van der Waals surface area contributed by atoms with Crippen LogP contribution in [0.15, 0.2) is 0 Å². The first kappa shape index (κ1) is 11.5. The predicted molar refractivity (Wildman–Crippen MR) is 67.3 cm³/mol. The molecule has 1 amide bonds. The largest absolute Gasteiger partial charge is 0.339 e. The van der Waals surface area contributed by atoms with Crippen LogP contribution in [0.3, 0.4) is 0 Å². The Morgan fingerprint density at radius 3 is 2.65 bits per heavy atom. The van der Waals surface area contributed by atoms with Crippen LogP contribution in [0.1, 0.15) is 45.4 Å². The summed E-state index contributed by atoms with van der Waals surface area (Å²) in [5, 5.41) is 0. The second kappa shape index (κ2) is 4.27. The quantitative estimate of drug-likeness (QED) is 0.754. The van der Waals surface area contributed by atoms with Gasteiger partial charge in [-0.15, -0.1) is 0 Å². The van der Waals surface area contributed by atoms with Crippen molar-refractivity contribution in [2.24, 2.45) is 23.5 Å². The second-order valence-corrected chi connectivity index (χ2v) is 6.51. The van der Waals surface area contributed by atoms with Gasteiger partial charge in [0.05, 0.1) is 5.92 Å². The Balaban J connectivity index is 1.69. The summed E-state index contributed by atoms with van der Waals surface area (Å²) in [5.74, 6) is 1.94. The maximum absolute atomic E-state index is 12.6. The van der Waals surface area contributed by atoms with Gasteiger partial charge in [-0.1, -0.05) is 6.92 Å². The zero-order valence-corrected chi connectivity index (χ0v) is 10.8. The van der Waals surface area contributed by atoms with Gasteiger partial charge in [0.2, 0.25) is 5.91 Å². The molecular formula is C14H24N2O.